The maximum Gasteiger partial charge on any atom is 0.161 e. The van der Waals surface area contributed by atoms with Crippen molar-refractivity contribution in [1.82, 2.24) is 5.32 Å². The molecule has 4 nitrogen and oxygen atoms in total. The Balaban J connectivity index is 1.24. The first-order valence-corrected chi connectivity index (χ1v) is 10.2. The van der Waals surface area contributed by atoms with Crippen molar-refractivity contribution in [2.24, 2.45) is 5.92 Å². The highest BCUT2D eigenvalue weighted by atomic mass is 16.6. The maximum atomic E-state index is 5.64. The van der Waals surface area contributed by atoms with Crippen LogP contribution < -0.4 is 14.8 Å². The van der Waals surface area contributed by atoms with E-state index < -0.39 is 0 Å². The highest BCUT2D eigenvalue weighted by molar-refractivity contribution is 5.43. The van der Waals surface area contributed by atoms with Gasteiger partial charge in [-0.05, 0) is 55.7 Å². The number of benzene rings is 1. The van der Waals surface area contributed by atoms with Gasteiger partial charge in [0.1, 0.15) is 13.2 Å². The van der Waals surface area contributed by atoms with Gasteiger partial charge < -0.3 is 19.5 Å². The van der Waals surface area contributed by atoms with E-state index in [1.54, 1.807) is 0 Å². The van der Waals surface area contributed by atoms with Crippen molar-refractivity contribution < 1.29 is 14.2 Å². The zero-order valence-corrected chi connectivity index (χ0v) is 15.9. The van der Waals surface area contributed by atoms with Gasteiger partial charge >= 0.3 is 0 Å². The van der Waals surface area contributed by atoms with Gasteiger partial charge in [-0.2, -0.15) is 0 Å². The number of nitrogens with one attached hydrogen (secondary N) is 1. The predicted molar refractivity (Wildman–Crippen MR) is 105 cm³/mol. The molecule has 0 aromatic heterocycles. The number of fused-ring (bicyclic) bond motifs is 1. The third-order valence-corrected chi connectivity index (χ3v) is 5.33. The second-order valence-corrected chi connectivity index (χ2v) is 7.41. The van der Waals surface area contributed by atoms with Gasteiger partial charge in [0.05, 0.1) is 0 Å². The van der Waals surface area contributed by atoms with Crippen molar-refractivity contribution in [1.29, 1.82) is 0 Å². The van der Waals surface area contributed by atoms with Crippen LogP contribution in [0.25, 0.3) is 0 Å². The van der Waals surface area contributed by atoms with Crippen LogP contribution in [0.1, 0.15) is 50.5 Å². The summed E-state index contributed by atoms with van der Waals surface area (Å²) < 4.78 is 16.6. The number of allylic oxidation sites excluding steroid dienone is 1. The Bertz CT molecular complexity index is 567. The SMILES string of the molecule is C=C(CCCCCC1CCOCC1)NCCc1ccc2c(c1)OCCO2. The van der Waals surface area contributed by atoms with Gasteiger partial charge in [0, 0.05) is 25.5 Å². The Morgan fingerprint density at radius 3 is 2.65 bits per heavy atom. The van der Waals surface area contributed by atoms with E-state index in [9.17, 15) is 0 Å². The highest BCUT2D eigenvalue weighted by Crippen LogP contribution is 2.30. The summed E-state index contributed by atoms with van der Waals surface area (Å²) in [6.45, 7) is 8.30. The zero-order chi connectivity index (χ0) is 18.0. The minimum absolute atomic E-state index is 0.639. The van der Waals surface area contributed by atoms with E-state index in [0.29, 0.717) is 13.2 Å². The van der Waals surface area contributed by atoms with Crippen LogP contribution in [0.5, 0.6) is 11.5 Å². The number of unbranched alkanes of at least 4 members (excludes halogenated alkanes) is 2. The summed E-state index contributed by atoms with van der Waals surface area (Å²) in [4.78, 5) is 0. The number of hydrogen-bond acceptors (Lipinski definition) is 4. The topological polar surface area (TPSA) is 39.7 Å². The largest absolute Gasteiger partial charge is 0.486 e. The molecule has 4 heteroatoms. The maximum absolute atomic E-state index is 5.64. The Morgan fingerprint density at radius 2 is 1.81 bits per heavy atom. The molecule has 1 aromatic carbocycles. The lowest BCUT2D eigenvalue weighted by Gasteiger charge is -2.21. The minimum Gasteiger partial charge on any atom is -0.486 e. The molecule has 0 radical (unpaired) electrons. The molecular formula is C22H33NO3. The van der Waals surface area contributed by atoms with Crippen LogP contribution in [-0.2, 0) is 11.2 Å². The smallest absolute Gasteiger partial charge is 0.161 e. The first kappa shape index (κ1) is 19.1. The molecule has 0 aliphatic carbocycles. The molecule has 0 spiro atoms. The molecular weight excluding hydrogens is 326 g/mol. The molecule has 2 aliphatic rings. The van der Waals surface area contributed by atoms with Crippen molar-refractivity contribution in [3.8, 4) is 11.5 Å². The molecule has 0 amide bonds. The lowest BCUT2D eigenvalue weighted by molar-refractivity contribution is 0.0631. The Morgan fingerprint density at radius 1 is 1.00 bits per heavy atom. The van der Waals surface area contributed by atoms with Gasteiger partial charge in [-0.3, -0.25) is 0 Å². The summed E-state index contributed by atoms with van der Waals surface area (Å²) in [5, 5.41) is 3.47. The first-order chi connectivity index (χ1) is 12.8. The molecule has 0 atom stereocenters. The lowest BCUT2D eigenvalue weighted by Crippen LogP contribution is -2.17. The van der Waals surface area contributed by atoms with E-state index in [2.05, 4.69) is 24.0 Å². The van der Waals surface area contributed by atoms with Crippen LogP contribution in [-0.4, -0.2) is 33.0 Å². The van der Waals surface area contributed by atoms with Crippen LogP contribution in [0.4, 0.5) is 0 Å². The molecule has 144 valence electrons. The van der Waals surface area contributed by atoms with Gasteiger partial charge in [0.15, 0.2) is 11.5 Å². The van der Waals surface area contributed by atoms with Gasteiger partial charge in [0.25, 0.3) is 0 Å². The molecule has 1 aromatic rings. The second-order valence-electron chi connectivity index (χ2n) is 7.41. The average Bonchev–Trinajstić information content (AvgIpc) is 2.68. The van der Waals surface area contributed by atoms with Crippen LogP contribution in [0, 0.1) is 5.92 Å². The third kappa shape index (κ3) is 6.24. The van der Waals surface area contributed by atoms with Gasteiger partial charge in [-0.1, -0.05) is 31.9 Å². The van der Waals surface area contributed by atoms with Crippen LogP contribution in [0.3, 0.4) is 0 Å². The van der Waals surface area contributed by atoms with E-state index in [4.69, 9.17) is 14.2 Å². The first-order valence-electron chi connectivity index (χ1n) is 10.2. The summed E-state index contributed by atoms with van der Waals surface area (Å²) in [5.74, 6) is 2.63. The van der Waals surface area contributed by atoms with Gasteiger partial charge in [0.2, 0.25) is 0 Å². The van der Waals surface area contributed by atoms with E-state index >= 15 is 0 Å². The number of rotatable bonds is 10. The molecule has 1 saturated heterocycles. The molecule has 3 rings (SSSR count). The molecule has 1 fully saturated rings. The van der Waals surface area contributed by atoms with E-state index in [-0.39, 0.29) is 0 Å². The summed E-state index contributed by atoms with van der Waals surface area (Å²) in [6.07, 6.45) is 9.82. The quantitative estimate of drug-likeness (QED) is 0.625. The molecule has 0 unspecified atom stereocenters. The summed E-state index contributed by atoms with van der Waals surface area (Å²) in [7, 11) is 0. The van der Waals surface area contributed by atoms with E-state index in [1.807, 2.05) is 6.07 Å². The molecule has 0 bridgehead atoms. The van der Waals surface area contributed by atoms with E-state index in [0.717, 1.165) is 55.7 Å². The fourth-order valence-electron chi connectivity index (χ4n) is 3.70. The fraction of sp³-hybridized carbons (Fsp3) is 0.636. The standard InChI is InChI=1S/C22H33NO3/c1-18(5-3-2-4-6-19-10-13-24-14-11-19)23-12-9-20-7-8-21-22(17-20)26-16-15-25-21/h7-8,17,19,23H,1-6,9-16H2. The Hall–Kier alpha value is -1.68. The van der Waals surface area contributed by atoms with Crippen LogP contribution >= 0.6 is 0 Å². The number of hydrogen-bond donors (Lipinski definition) is 1. The summed E-state index contributed by atoms with van der Waals surface area (Å²) in [5.41, 5.74) is 2.43. The molecule has 2 aliphatic heterocycles. The Labute approximate surface area is 157 Å². The average molecular weight is 360 g/mol. The summed E-state index contributed by atoms with van der Waals surface area (Å²) >= 11 is 0. The van der Waals surface area contributed by atoms with Gasteiger partial charge in [-0.15, -0.1) is 0 Å². The molecule has 2 heterocycles. The summed E-state index contributed by atoms with van der Waals surface area (Å²) in [6, 6.07) is 6.22. The highest BCUT2D eigenvalue weighted by Gasteiger charge is 2.13. The van der Waals surface area contributed by atoms with Crippen molar-refractivity contribution in [2.45, 2.75) is 51.4 Å². The van der Waals surface area contributed by atoms with E-state index in [1.165, 1.54) is 44.1 Å². The Kier molecular flexibility index (Phi) is 7.68. The van der Waals surface area contributed by atoms with Crippen molar-refractivity contribution in [2.75, 3.05) is 33.0 Å². The van der Waals surface area contributed by atoms with Crippen molar-refractivity contribution in [3.05, 3.63) is 36.0 Å². The number of ether oxygens (including phenoxy) is 3. The van der Waals surface area contributed by atoms with Crippen LogP contribution in [0.15, 0.2) is 30.5 Å². The predicted octanol–water partition coefficient (Wildman–Crippen LogP) is 4.48. The minimum atomic E-state index is 0.639. The lowest BCUT2D eigenvalue weighted by atomic mass is 9.93. The molecule has 0 saturated carbocycles. The zero-order valence-electron chi connectivity index (χ0n) is 15.9. The normalized spacial score (nSPS) is 17.1. The third-order valence-electron chi connectivity index (χ3n) is 5.33. The van der Waals surface area contributed by atoms with Gasteiger partial charge in [-0.25, -0.2) is 0 Å². The molecule has 26 heavy (non-hydrogen) atoms. The van der Waals surface area contributed by atoms with Crippen molar-refractivity contribution >= 4 is 0 Å². The molecule has 1 N–H and O–H groups in total. The van der Waals surface area contributed by atoms with Crippen LogP contribution in [0.2, 0.25) is 0 Å². The monoisotopic (exact) mass is 359 g/mol. The van der Waals surface area contributed by atoms with Crippen molar-refractivity contribution in [3.63, 3.8) is 0 Å². The second kappa shape index (κ2) is 10.5. The fourth-order valence-corrected chi connectivity index (χ4v) is 3.70.